The van der Waals surface area contributed by atoms with Gasteiger partial charge in [-0.3, -0.25) is 4.79 Å². The summed E-state index contributed by atoms with van der Waals surface area (Å²) in [6.45, 7) is 0. The van der Waals surface area contributed by atoms with Gasteiger partial charge >= 0.3 is 0 Å². The van der Waals surface area contributed by atoms with Gasteiger partial charge in [0.1, 0.15) is 8.40 Å². The standard InChI is InChI=1S/C12H10OSi/c13-12(11-7-3-1-4-8-11)14-9-5-2-6-10-14/h1-10H. The third-order valence-corrected chi connectivity index (χ3v) is 3.99. The van der Waals surface area contributed by atoms with E-state index in [1.165, 1.54) is 0 Å². The second-order valence-electron chi connectivity index (χ2n) is 3.06. The Labute approximate surface area is 84.6 Å². The average Bonchev–Trinajstić information content (AvgIpc) is 2.30. The van der Waals surface area contributed by atoms with Crippen LogP contribution < -0.4 is 0 Å². The lowest BCUT2D eigenvalue weighted by Crippen LogP contribution is -2.12. The van der Waals surface area contributed by atoms with Crippen LogP contribution in [0.2, 0.25) is 0 Å². The van der Waals surface area contributed by atoms with Crippen molar-refractivity contribution in [3.8, 4) is 0 Å². The summed E-state index contributed by atoms with van der Waals surface area (Å²) in [6, 6.07) is 15.3. The summed E-state index contributed by atoms with van der Waals surface area (Å²) in [5.41, 5.74) is 4.84. The van der Waals surface area contributed by atoms with Gasteiger partial charge in [-0.1, -0.05) is 59.9 Å². The van der Waals surface area contributed by atoms with Crippen LogP contribution in [-0.4, -0.2) is 13.8 Å². The van der Waals surface area contributed by atoms with Crippen molar-refractivity contribution in [3.63, 3.8) is 0 Å². The summed E-state index contributed by atoms with van der Waals surface area (Å²) in [6.07, 6.45) is 0. The predicted molar refractivity (Wildman–Crippen MR) is 58.6 cm³/mol. The van der Waals surface area contributed by atoms with Gasteiger partial charge in [-0.15, -0.1) is 0 Å². The van der Waals surface area contributed by atoms with Gasteiger partial charge in [-0.2, -0.15) is 0 Å². The summed E-state index contributed by atoms with van der Waals surface area (Å²) in [4.78, 5) is 11.9. The van der Waals surface area contributed by atoms with E-state index < -0.39 is 8.40 Å². The van der Waals surface area contributed by atoms with Crippen molar-refractivity contribution in [1.29, 1.82) is 0 Å². The lowest BCUT2D eigenvalue weighted by Gasteiger charge is -1.98. The molecule has 0 aliphatic heterocycles. The zero-order valence-corrected chi connectivity index (χ0v) is 8.68. The maximum Gasteiger partial charge on any atom is 0.163 e. The Kier molecular flexibility index (Phi) is 2.65. The molecule has 0 fully saturated rings. The smallest absolute Gasteiger partial charge is 0.163 e. The van der Waals surface area contributed by atoms with E-state index in [1.807, 2.05) is 59.9 Å². The van der Waals surface area contributed by atoms with Crippen LogP contribution in [-0.2, 0) is 0 Å². The van der Waals surface area contributed by atoms with Crippen LogP contribution >= 0.6 is 0 Å². The first-order chi connectivity index (χ1) is 6.88. The summed E-state index contributed by atoms with van der Waals surface area (Å²) in [5, 5.41) is 0.260. The van der Waals surface area contributed by atoms with Crippen LogP contribution in [0.1, 0.15) is 10.4 Å². The molecule has 0 radical (unpaired) electrons. The molecule has 1 nitrogen and oxygen atoms in total. The van der Waals surface area contributed by atoms with E-state index in [2.05, 4.69) is 0 Å². The molecule has 0 aliphatic carbocycles. The van der Waals surface area contributed by atoms with Crippen molar-refractivity contribution in [1.82, 2.24) is 0 Å². The highest BCUT2D eigenvalue weighted by Crippen LogP contribution is 2.01. The van der Waals surface area contributed by atoms with E-state index in [-0.39, 0.29) is 5.41 Å². The van der Waals surface area contributed by atoms with Crippen LogP contribution in [0.3, 0.4) is 0 Å². The minimum absolute atomic E-state index is 0.260. The zero-order chi connectivity index (χ0) is 9.80. The Hall–Kier alpha value is -1.54. The SMILES string of the molecule is O=C(c1ccccc1)[si]1ccccc1. The maximum absolute atomic E-state index is 11.9. The van der Waals surface area contributed by atoms with Gasteiger partial charge in [0.2, 0.25) is 0 Å². The minimum Gasteiger partial charge on any atom is -0.295 e. The summed E-state index contributed by atoms with van der Waals surface area (Å²) >= 11 is 0. The average molecular weight is 198 g/mol. The highest BCUT2D eigenvalue weighted by atomic mass is 28.2. The van der Waals surface area contributed by atoms with Gasteiger partial charge in [0, 0.05) is 5.56 Å². The van der Waals surface area contributed by atoms with Gasteiger partial charge in [-0.05, 0) is 0 Å². The molecule has 0 atom stereocenters. The Morgan fingerprint density at radius 2 is 1.43 bits per heavy atom. The molecule has 0 aliphatic rings. The predicted octanol–water partition coefficient (Wildman–Crippen LogP) is 2.40. The largest absolute Gasteiger partial charge is 0.295 e. The molecule has 2 aromatic rings. The molecule has 0 N–H and O–H groups in total. The topological polar surface area (TPSA) is 17.1 Å². The van der Waals surface area contributed by atoms with Crippen molar-refractivity contribution >= 4 is 13.8 Å². The molecule has 0 spiro atoms. The molecule has 14 heavy (non-hydrogen) atoms. The molecule has 0 unspecified atom stereocenters. The molecule has 1 aromatic heterocycles. The highest BCUT2D eigenvalue weighted by molar-refractivity contribution is 6.86. The van der Waals surface area contributed by atoms with Gasteiger partial charge in [-0.25, -0.2) is 0 Å². The summed E-state index contributed by atoms with van der Waals surface area (Å²) < 4.78 is 0. The number of hydrogen-bond donors (Lipinski definition) is 0. The van der Waals surface area contributed by atoms with Crippen molar-refractivity contribution in [2.24, 2.45) is 0 Å². The van der Waals surface area contributed by atoms with Crippen LogP contribution in [0.25, 0.3) is 0 Å². The van der Waals surface area contributed by atoms with Gasteiger partial charge in [0.15, 0.2) is 5.41 Å². The lowest BCUT2D eigenvalue weighted by atomic mass is 10.2. The van der Waals surface area contributed by atoms with E-state index in [1.54, 1.807) is 0 Å². The molecule has 1 heterocycles. The van der Waals surface area contributed by atoms with Gasteiger partial charge in [0.25, 0.3) is 0 Å². The second kappa shape index (κ2) is 4.11. The summed E-state index contributed by atoms with van der Waals surface area (Å²) in [5.74, 6) is 0. The number of carbonyl (C=O) groups excluding carboxylic acids is 1. The molecule has 0 saturated carbocycles. The fraction of sp³-hybridized carbons (Fsp3) is 0. The van der Waals surface area contributed by atoms with Gasteiger partial charge in [0.05, 0.1) is 0 Å². The normalized spacial score (nSPS) is 9.71. The Morgan fingerprint density at radius 3 is 2.07 bits per heavy atom. The number of benzene rings is 1. The molecule has 2 heteroatoms. The Balaban J connectivity index is 2.35. The van der Waals surface area contributed by atoms with E-state index in [0.717, 1.165) is 5.56 Å². The first-order valence-electron chi connectivity index (χ1n) is 4.53. The number of rotatable bonds is 2. The lowest BCUT2D eigenvalue weighted by molar-refractivity contribution is 0.107. The van der Waals surface area contributed by atoms with Crippen molar-refractivity contribution in [2.45, 2.75) is 0 Å². The highest BCUT2D eigenvalue weighted by Gasteiger charge is 2.07. The summed E-state index contributed by atoms with van der Waals surface area (Å²) in [7, 11) is -1.11. The van der Waals surface area contributed by atoms with Crippen LogP contribution in [0.5, 0.6) is 0 Å². The molecular formula is C12H10OSi. The van der Waals surface area contributed by atoms with Gasteiger partial charge < -0.3 is 0 Å². The van der Waals surface area contributed by atoms with Crippen molar-refractivity contribution in [3.05, 3.63) is 65.4 Å². The molecule has 2 rings (SSSR count). The molecule has 1 aromatic carbocycles. The number of carbonyl (C=O) groups is 1. The molecule has 0 bridgehead atoms. The van der Waals surface area contributed by atoms with E-state index in [4.69, 9.17) is 0 Å². The molecule has 68 valence electrons. The van der Waals surface area contributed by atoms with Crippen LogP contribution in [0.4, 0.5) is 0 Å². The maximum atomic E-state index is 11.9. The first kappa shape index (κ1) is 9.03. The fourth-order valence-electron chi connectivity index (χ4n) is 1.35. The molecular weight excluding hydrogens is 188 g/mol. The Morgan fingerprint density at radius 1 is 0.857 bits per heavy atom. The fourth-order valence-corrected chi connectivity index (χ4v) is 2.90. The first-order valence-corrected chi connectivity index (χ1v) is 6.18. The van der Waals surface area contributed by atoms with E-state index >= 15 is 0 Å². The number of hydrogen-bond acceptors (Lipinski definition) is 1. The molecule has 0 saturated heterocycles. The Bertz CT molecular complexity index is 381. The molecule has 0 amide bonds. The van der Waals surface area contributed by atoms with E-state index in [9.17, 15) is 4.79 Å². The minimum atomic E-state index is -1.11. The third-order valence-electron chi connectivity index (χ3n) is 2.07. The third kappa shape index (κ3) is 1.85. The van der Waals surface area contributed by atoms with Crippen molar-refractivity contribution in [2.75, 3.05) is 0 Å². The van der Waals surface area contributed by atoms with E-state index in [0.29, 0.717) is 0 Å². The second-order valence-corrected chi connectivity index (χ2v) is 5.09. The quantitative estimate of drug-likeness (QED) is 0.677. The zero-order valence-electron chi connectivity index (χ0n) is 7.68. The monoisotopic (exact) mass is 198 g/mol. The van der Waals surface area contributed by atoms with Crippen LogP contribution in [0.15, 0.2) is 59.9 Å². The van der Waals surface area contributed by atoms with Crippen molar-refractivity contribution < 1.29 is 4.79 Å². The van der Waals surface area contributed by atoms with Crippen LogP contribution in [0, 0.1) is 0 Å².